The number of fused-ring (bicyclic) bond motifs is 3. The van der Waals surface area contributed by atoms with E-state index in [-0.39, 0.29) is 16.6 Å². The van der Waals surface area contributed by atoms with Crippen molar-refractivity contribution in [2.75, 3.05) is 5.32 Å². The van der Waals surface area contributed by atoms with Crippen LogP contribution < -0.4 is 10.7 Å². The van der Waals surface area contributed by atoms with Crippen LogP contribution in [0.5, 0.6) is 0 Å². The summed E-state index contributed by atoms with van der Waals surface area (Å²) in [5, 5.41) is 19.6. The van der Waals surface area contributed by atoms with Gasteiger partial charge in [0.2, 0.25) is 5.78 Å². The van der Waals surface area contributed by atoms with Gasteiger partial charge in [-0.1, -0.05) is 58.4 Å². The molecule has 31 heavy (non-hydrogen) atoms. The van der Waals surface area contributed by atoms with Gasteiger partial charge < -0.3 is 10.4 Å². The first-order valence-corrected chi connectivity index (χ1v) is 11.4. The van der Waals surface area contributed by atoms with E-state index >= 15 is 0 Å². The number of hydrogen-bond acceptors (Lipinski definition) is 4. The smallest absolute Gasteiger partial charge is 0.208 e. The van der Waals surface area contributed by atoms with E-state index in [4.69, 9.17) is 12.2 Å². The summed E-state index contributed by atoms with van der Waals surface area (Å²) in [6.07, 6.45) is 3.91. The number of benzene rings is 1. The van der Waals surface area contributed by atoms with Crippen molar-refractivity contribution in [1.82, 2.24) is 5.43 Å². The number of Topliss-reactive ketones (excluding diaryl/α,β-unsaturated/α-hetero) is 1. The molecule has 5 nitrogen and oxygen atoms in total. The highest BCUT2D eigenvalue weighted by Crippen LogP contribution is 2.61. The van der Waals surface area contributed by atoms with Crippen LogP contribution in [0.4, 0.5) is 5.69 Å². The van der Waals surface area contributed by atoms with Crippen LogP contribution in [0.2, 0.25) is 0 Å². The van der Waals surface area contributed by atoms with Crippen molar-refractivity contribution in [3.8, 4) is 0 Å². The topological polar surface area (TPSA) is 73.7 Å². The Morgan fingerprint density at radius 1 is 1.03 bits per heavy atom. The van der Waals surface area contributed by atoms with Crippen LogP contribution in [0.25, 0.3) is 0 Å². The number of aliphatic hydroxyl groups is 1. The van der Waals surface area contributed by atoms with Gasteiger partial charge in [0.05, 0.1) is 5.60 Å². The number of nitrogens with zero attached hydrogens (tertiary/aromatic N) is 1. The van der Waals surface area contributed by atoms with Crippen LogP contribution in [0.15, 0.2) is 46.6 Å². The highest BCUT2D eigenvalue weighted by atomic mass is 32.1. The van der Waals surface area contributed by atoms with Crippen LogP contribution in [0.3, 0.4) is 0 Å². The maximum atomic E-state index is 13.7. The molecule has 6 heteroatoms. The van der Waals surface area contributed by atoms with Gasteiger partial charge in [0, 0.05) is 16.7 Å². The van der Waals surface area contributed by atoms with Crippen LogP contribution in [0.1, 0.15) is 66.7 Å². The monoisotopic (exact) mass is 439 g/mol. The molecular formula is C25H33N3O2S. The number of hydrogen-bond donors (Lipinski definition) is 3. The fraction of sp³-hybridized carbons (Fsp3) is 0.560. The van der Waals surface area contributed by atoms with Gasteiger partial charge in [-0.3, -0.25) is 10.2 Å². The van der Waals surface area contributed by atoms with Gasteiger partial charge in [0.15, 0.2) is 5.11 Å². The first kappa shape index (κ1) is 22.2. The Labute approximate surface area is 190 Å². The summed E-state index contributed by atoms with van der Waals surface area (Å²) in [6, 6.07) is 9.59. The number of carbonyl (C=O) groups is 1. The molecule has 0 amide bonds. The number of thiocarbonyl (C=S) groups is 1. The SMILES string of the molecule is CC1(C)C[C@@]2(C)CC3=C(C(=O)C(=NNC(=S)Nc4ccccc4)C(C)(C)C3)[C@@](O)(C1)C2. The number of hydrazone groups is 1. The van der Waals surface area contributed by atoms with E-state index in [2.05, 4.69) is 36.6 Å². The van der Waals surface area contributed by atoms with E-state index < -0.39 is 11.0 Å². The molecule has 0 aliphatic heterocycles. The van der Waals surface area contributed by atoms with Crippen LogP contribution in [-0.4, -0.2) is 27.3 Å². The van der Waals surface area contributed by atoms with Gasteiger partial charge in [0.1, 0.15) is 5.71 Å². The zero-order valence-corrected chi connectivity index (χ0v) is 19.9. The van der Waals surface area contributed by atoms with E-state index in [0.29, 0.717) is 29.2 Å². The lowest BCUT2D eigenvalue weighted by atomic mass is 9.49. The van der Waals surface area contributed by atoms with Crippen LogP contribution in [-0.2, 0) is 4.79 Å². The molecule has 0 unspecified atom stereocenters. The van der Waals surface area contributed by atoms with Crippen molar-refractivity contribution in [1.29, 1.82) is 0 Å². The molecule has 166 valence electrons. The normalized spacial score (nSPS) is 32.5. The molecule has 0 heterocycles. The average molecular weight is 440 g/mol. The zero-order chi connectivity index (χ0) is 22.7. The van der Waals surface area contributed by atoms with Gasteiger partial charge in [-0.15, -0.1) is 0 Å². The van der Waals surface area contributed by atoms with Crippen molar-refractivity contribution >= 4 is 34.5 Å². The molecule has 0 spiro atoms. The van der Waals surface area contributed by atoms with Gasteiger partial charge >= 0.3 is 0 Å². The van der Waals surface area contributed by atoms with Gasteiger partial charge in [-0.25, -0.2) is 0 Å². The zero-order valence-electron chi connectivity index (χ0n) is 19.1. The Morgan fingerprint density at radius 3 is 2.39 bits per heavy atom. The van der Waals surface area contributed by atoms with Gasteiger partial charge in [-0.05, 0) is 67.3 Å². The lowest BCUT2D eigenvalue weighted by Crippen LogP contribution is -2.56. The summed E-state index contributed by atoms with van der Waals surface area (Å²) in [4.78, 5) is 13.7. The second-order valence-electron chi connectivity index (χ2n) is 11.5. The van der Waals surface area contributed by atoms with Crippen LogP contribution in [0, 0.1) is 16.2 Å². The Kier molecular flexibility index (Phi) is 5.17. The first-order chi connectivity index (χ1) is 14.3. The molecule has 3 aliphatic rings. The third-order valence-electron chi connectivity index (χ3n) is 6.89. The van der Waals surface area contributed by atoms with Crippen LogP contribution >= 0.6 is 12.2 Å². The highest BCUT2D eigenvalue weighted by molar-refractivity contribution is 7.80. The fourth-order valence-corrected chi connectivity index (χ4v) is 6.79. The predicted octanol–water partition coefficient (Wildman–Crippen LogP) is 4.98. The lowest BCUT2D eigenvalue weighted by molar-refractivity contribution is -0.119. The summed E-state index contributed by atoms with van der Waals surface area (Å²) in [5.74, 6) is -0.136. The van der Waals surface area contributed by atoms with Crippen molar-refractivity contribution in [3.63, 3.8) is 0 Å². The Balaban J connectivity index is 1.63. The number of rotatable bonds is 2. The lowest BCUT2D eigenvalue weighted by Gasteiger charge is -2.57. The standard InChI is InChI=1S/C25H33N3O2S/c1-22(2)13-24(5)12-16-11-23(3,4)20(19(29)18(16)25(30,14-22)15-24)27-28-21(31)26-17-9-7-6-8-10-17/h6-10,30H,11-15H2,1-5H3,(H2,26,28,31)/t24-,25-/m1/s1. The van der Waals surface area contributed by atoms with Gasteiger partial charge in [-0.2, -0.15) is 5.10 Å². The second kappa shape index (κ2) is 7.24. The quantitative estimate of drug-likeness (QED) is 0.448. The molecule has 1 aromatic carbocycles. The molecule has 4 rings (SSSR count). The van der Waals surface area contributed by atoms with Crippen molar-refractivity contribution < 1.29 is 9.90 Å². The van der Waals surface area contributed by atoms with E-state index in [1.165, 1.54) is 0 Å². The molecule has 1 fully saturated rings. The second-order valence-corrected chi connectivity index (χ2v) is 11.9. The minimum Gasteiger partial charge on any atom is -0.385 e. The number of ketones is 1. The van der Waals surface area contributed by atoms with Gasteiger partial charge in [0.25, 0.3) is 0 Å². The molecule has 0 saturated heterocycles. The predicted molar refractivity (Wildman–Crippen MR) is 129 cm³/mol. The summed E-state index contributed by atoms with van der Waals surface area (Å²) in [6.45, 7) is 10.7. The van der Waals surface area contributed by atoms with Crippen molar-refractivity contribution in [3.05, 3.63) is 41.5 Å². The molecule has 1 aromatic rings. The Bertz CT molecular complexity index is 995. The molecule has 1 saturated carbocycles. The number of para-hydroxylation sites is 1. The van der Waals surface area contributed by atoms with Crippen molar-refractivity contribution in [2.45, 2.75) is 72.3 Å². The first-order valence-electron chi connectivity index (χ1n) is 11.0. The largest absolute Gasteiger partial charge is 0.385 e. The highest BCUT2D eigenvalue weighted by Gasteiger charge is 2.58. The number of allylic oxidation sites excluding steroid dienone is 1. The Morgan fingerprint density at radius 2 is 1.71 bits per heavy atom. The molecule has 2 bridgehead atoms. The minimum absolute atomic E-state index is 0.00967. The average Bonchev–Trinajstić information content (AvgIpc) is 2.57. The fourth-order valence-electron chi connectivity index (χ4n) is 6.63. The maximum absolute atomic E-state index is 13.7. The van der Waals surface area contributed by atoms with Crippen molar-refractivity contribution in [2.24, 2.45) is 21.3 Å². The molecule has 0 aromatic heterocycles. The summed E-state index contributed by atoms with van der Waals surface area (Å²) >= 11 is 5.37. The van der Waals surface area contributed by atoms with E-state index in [1.54, 1.807) is 0 Å². The molecule has 3 aliphatic carbocycles. The number of nitrogens with one attached hydrogen (secondary N) is 2. The molecule has 0 radical (unpaired) electrons. The third-order valence-corrected chi connectivity index (χ3v) is 7.09. The summed E-state index contributed by atoms with van der Waals surface area (Å²) in [5.41, 5.74) is 4.36. The Hall–Kier alpha value is -2.05. The molecular weight excluding hydrogens is 406 g/mol. The summed E-state index contributed by atoms with van der Waals surface area (Å²) < 4.78 is 0. The van der Waals surface area contributed by atoms with E-state index in [1.807, 2.05) is 44.2 Å². The maximum Gasteiger partial charge on any atom is 0.208 e. The minimum atomic E-state index is -1.08. The summed E-state index contributed by atoms with van der Waals surface area (Å²) in [7, 11) is 0. The number of anilines is 1. The van der Waals surface area contributed by atoms with E-state index in [9.17, 15) is 9.90 Å². The third kappa shape index (κ3) is 4.20. The molecule has 2 atom stereocenters. The number of carbonyl (C=O) groups excluding carboxylic acids is 1. The molecule has 3 N–H and O–H groups in total. The van der Waals surface area contributed by atoms with E-state index in [0.717, 1.165) is 30.5 Å².